The molecule has 4 fully saturated rings. The molecule has 3 heteroatoms. The summed E-state index contributed by atoms with van der Waals surface area (Å²) < 4.78 is 12.0. The van der Waals surface area contributed by atoms with E-state index >= 15 is 0 Å². The second kappa shape index (κ2) is 5.42. The molecule has 4 aliphatic carbocycles. The van der Waals surface area contributed by atoms with Gasteiger partial charge < -0.3 is 9.47 Å². The standard InChI is InChI=1S/C22H32O3/c1-3-21-9-8-17-16(18(21)6-7-19(21)23)5-4-15-14-22(24-12-13-25-22)11-10-20(15,17)2/h4,16-18H,3,5-14H2,1-2H3/t16-,17+,18+,20+,21+/m1/s1. The molecular weight excluding hydrogens is 312 g/mol. The van der Waals surface area contributed by atoms with Crippen molar-refractivity contribution in [2.75, 3.05) is 13.2 Å². The molecule has 1 aliphatic heterocycles. The van der Waals surface area contributed by atoms with E-state index in [1.165, 1.54) is 19.3 Å². The third kappa shape index (κ3) is 2.09. The Morgan fingerprint density at radius 3 is 2.68 bits per heavy atom. The minimum Gasteiger partial charge on any atom is -0.347 e. The summed E-state index contributed by atoms with van der Waals surface area (Å²) in [5.74, 6) is 2.36. The number of hydrogen-bond donors (Lipinski definition) is 0. The number of ketones is 1. The molecule has 0 aromatic carbocycles. The van der Waals surface area contributed by atoms with E-state index in [2.05, 4.69) is 19.9 Å². The molecule has 0 unspecified atom stereocenters. The molecule has 0 bridgehead atoms. The van der Waals surface area contributed by atoms with Crippen LogP contribution in [0.5, 0.6) is 0 Å². The fourth-order valence-corrected chi connectivity index (χ4v) is 7.57. The second-order valence-corrected chi connectivity index (χ2v) is 9.55. The molecule has 1 spiro atoms. The van der Waals surface area contributed by atoms with E-state index in [1.54, 1.807) is 5.57 Å². The van der Waals surface area contributed by atoms with Gasteiger partial charge in [-0.2, -0.15) is 0 Å². The topological polar surface area (TPSA) is 35.5 Å². The first-order valence-corrected chi connectivity index (χ1v) is 10.5. The Labute approximate surface area is 151 Å². The van der Waals surface area contributed by atoms with E-state index in [0.717, 1.165) is 57.7 Å². The van der Waals surface area contributed by atoms with E-state index in [-0.39, 0.29) is 11.2 Å². The number of ether oxygens (including phenoxy) is 2. The zero-order chi connectivity index (χ0) is 17.3. The van der Waals surface area contributed by atoms with E-state index in [4.69, 9.17) is 9.47 Å². The van der Waals surface area contributed by atoms with Crippen molar-refractivity contribution < 1.29 is 14.3 Å². The molecule has 0 radical (unpaired) electrons. The zero-order valence-electron chi connectivity index (χ0n) is 15.8. The molecule has 0 amide bonds. The van der Waals surface area contributed by atoms with Crippen LogP contribution in [-0.4, -0.2) is 24.8 Å². The number of rotatable bonds is 1. The molecule has 0 aromatic heterocycles. The van der Waals surface area contributed by atoms with Crippen LogP contribution in [-0.2, 0) is 14.3 Å². The van der Waals surface area contributed by atoms with Crippen molar-refractivity contribution in [2.24, 2.45) is 28.6 Å². The Hall–Kier alpha value is -0.670. The molecule has 3 saturated carbocycles. The van der Waals surface area contributed by atoms with Crippen LogP contribution in [0.15, 0.2) is 11.6 Å². The number of carbonyl (C=O) groups excluding carboxylic acids is 1. The Morgan fingerprint density at radius 2 is 1.92 bits per heavy atom. The van der Waals surface area contributed by atoms with Gasteiger partial charge >= 0.3 is 0 Å². The minimum absolute atomic E-state index is 0.0242. The fraction of sp³-hybridized carbons (Fsp3) is 0.864. The first-order chi connectivity index (χ1) is 12.0. The van der Waals surface area contributed by atoms with Gasteiger partial charge in [0.25, 0.3) is 0 Å². The maximum Gasteiger partial charge on any atom is 0.172 e. The van der Waals surface area contributed by atoms with Crippen molar-refractivity contribution in [1.29, 1.82) is 0 Å². The number of carbonyl (C=O) groups is 1. The highest BCUT2D eigenvalue weighted by atomic mass is 16.7. The lowest BCUT2D eigenvalue weighted by atomic mass is 9.47. The zero-order valence-corrected chi connectivity index (χ0v) is 15.8. The molecule has 25 heavy (non-hydrogen) atoms. The van der Waals surface area contributed by atoms with E-state index < -0.39 is 0 Å². The summed E-state index contributed by atoms with van der Waals surface area (Å²) >= 11 is 0. The van der Waals surface area contributed by atoms with Gasteiger partial charge in [0.05, 0.1) is 13.2 Å². The van der Waals surface area contributed by atoms with Gasteiger partial charge in [0.2, 0.25) is 0 Å². The summed E-state index contributed by atoms with van der Waals surface area (Å²) in [6.07, 6.45) is 12.3. The van der Waals surface area contributed by atoms with Gasteiger partial charge in [0, 0.05) is 24.7 Å². The van der Waals surface area contributed by atoms with Crippen molar-refractivity contribution in [3.05, 3.63) is 11.6 Å². The van der Waals surface area contributed by atoms with Gasteiger partial charge in [-0.25, -0.2) is 0 Å². The van der Waals surface area contributed by atoms with Crippen molar-refractivity contribution in [2.45, 2.75) is 77.4 Å². The van der Waals surface area contributed by atoms with Crippen LogP contribution in [0.2, 0.25) is 0 Å². The molecular formula is C22H32O3. The van der Waals surface area contributed by atoms with Crippen molar-refractivity contribution in [3.63, 3.8) is 0 Å². The predicted octanol–water partition coefficient (Wildman–Crippen LogP) is 4.65. The molecule has 0 aromatic rings. The molecule has 5 atom stereocenters. The Bertz CT molecular complexity index is 617. The Balaban J connectivity index is 1.47. The number of fused-ring (bicyclic) bond motifs is 5. The summed E-state index contributed by atoms with van der Waals surface area (Å²) in [4.78, 5) is 12.7. The number of Topliss-reactive ketones (excluding diaryl/α,β-unsaturated/α-hetero) is 1. The van der Waals surface area contributed by atoms with Gasteiger partial charge in [-0.3, -0.25) is 4.79 Å². The molecule has 0 N–H and O–H groups in total. The Morgan fingerprint density at radius 1 is 1.12 bits per heavy atom. The monoisotopic (exact) mass is 344 g/mol. The van der Waals surface area contributed by atoms with E-state index in [1.807, 2.05) is 0 Å². The van der Waals surface area contributed by atoms with Crippen LogP contribution in [0.4, 0.5) is 0 Å². The minimum atomic E-state index is -0.316. The van der Waals surface area contributed by atoms with Crippen LogP contribution in [0.3, 0.4) is 0 Å². The SMILES string of the molecule is CC[C@]12CC[C@H]3[C@@H](CC=C4CC5(CC[C@@]43C)OCCO5)[C@@H]1CCC2=O. The van der Waals surface area contributed by atoms with Gasteiger partial charge in [0.15, 0.2) is 5.79 Å². The van der Waals surface area contributed by atoms with Gasteiger partial charge in [-0.05, 0) is 61.7 Å². The fourth-order valence-electron chi connectivity index (χ4n) is 7.57. The van der Waals surface area contributed by atoms with Gasteiger partial charge in [0.1, 0.15) is 5.78 Å². The second-order valence-electron chi connectivity index (χ2n) is 9.55. The van der Waals surface area contributed by atoms with E-state index in [0.29, 0.717) is 23.0 Å². The molecule has 1 saturated heterocycles. The van der Waals surface area contributed by atoms with Crippen molar-refractivity contribution >= 4 is 5.78 Å². The smallest absolute Gasteiger partial charge is 0.172 e. The summed E-state index contributed by atoms with van der Waals surface area (Å²) in [6, 6.07) is 0. The molecule has 1 heterocycles. The highest BCUT2D eigenvalue weighted by Gasteiger charge is 2.61. The summed E-state index contributed by atoms with van der Waals surface area (Å²) in [5, 5.41) is 0. The summed E-state index contributed by atoms with van der Waals surface area (Å²) in [6.45, 7) is 6.26. The van der Waals surface area contributed by atoms with Crippen molar-refractivity contribution in [1.82, 2.24) is 0 Å². The molecule has 3 nitrogen and oxygen atoms in total. The number of hydrogen-bond acceptors (Lipinski definition) is 3. The first-order valence-electron chi connectivity index (χ1n) is 10.5. The normalized spacial score (nSPS) is 48.0. The quantitative estimate of drug-likeness (QED) is 0.650. The highest BCUT2D eigenvalue weighted by Crippen LogP contribution is 2.65. The highest BCUT2D eigenvalue weighted by molar-refractivity contribution is 5.87. The lowest BCUT2D eigenvalue weighted by Gasteiger charge is -2.58. The summed E-state index contributed by atoms with van der Waals surface area (Å²) in [7, 11) is 0. The lowest BCUT2D eigenvalue weighted by Crippen LogP contribution is -2.53. The van der Waals surface area contributed by atoms with Crippen LogP contribution in [0.25, 0.3) is 0 Å². The van der Waals surface area contributed by atoms with Crippen LogP contribution in [0, 0.1) is 28.6 Å². The third-order valence-electron chi connectivity index (χ3n) is 9.00. The third-order valence-corrected chi connectivity index (χ3v) is 9.00. The molecule has 5 aliphatic rings. The summed E-state index contributed by atoms with van der Waals surface area (Å²) in [5.41, 5.74) is 1.92. The van der Waals surface area contributed by atoms with Crippen LogP contribution < -0.4 is 0 Å². The van der Waals surface area contributed by atoms with Crippen LogP contribution in [0.1, 0.15) is 71.6 Å². The van der Waals surface area contributed by atoms with Crippen molar-refractivity contribution in [3.8, 4) is 0 Å². The van der Waals surface area contributed by atoms with Crippen LogP contribution >= 0.6 is 0 Å². The maximum absolute atomic E-state index is 12.7. The van der Waals surface area contributed by atoms with Gasteiger partial charge in [-0.15, -0.1) is 0 Å². The number of allylic oxidation sites excluding steroid dienone is 1. The lowest BCUT2D eigenvalue weighted by molar-refractivity contribution is -0.185. The molecule has 138 valence electrons. The Kier molecular flexibility index (Phi) is 3.58. The average Bonchev–Trinajstić information content (AvgIpc) is 3.21. The van der Waals surface area contributed by atoms with E-state index in [9.17, 15) is 4.79 Å². The van der Waals surface area contributed by atoms with Gasteiger partial charge in [-0.1, -0.05) is 25.5 Å². The predicted molar refractivity (Wildman–Crippen MR) is 96.0 cm³/mol. The maximum atomic E-state index is 12.7. The average molecular weight is 344 g/mol. The first kappa shape index (κ1) is 16.5. The molecule has 5 rings (SSSR count). The largest absolute Gasteiger partial charge is 0.347 e.